The van der Waals surface area contributed by atoms with Crippen molar-refractivity contribution in [2.24, 2.45) is 0 Å². The highest BCUT2D eigenvalue weighted by molar-refractivity contribution is 6.34. The fourth-order valence-electron chi connectivity index (χ4n) is 3.43. The Kier molecular flexibility index (Phi) is 7.03. The van der Waals surface area contributed by atoms with Gasteiger partial charge in [0, 0.05) is 18.3 Å². The molecule has 1 amide bonds. The van der Waals surface area contributed by atoms with Crippen LogP contribution in [-0.4, -0.2) is 52.1 Å². The van der Waals surface area contributed by atoms with Crippen LogP contribution in [0, 0.1) is 0 Å². The second kappa shape index (κ2) is 10.3. The molecule has 3 N–H and O–H groups in total. The number of aromatic hydroxyl groups is 1. The minimum Gasteiger partial charge on any atom is -0.508 e. The molecule has 0 radical (unpaired) electrons. The Bertz CT molecular complexity index is 1070. The first-order valence-electron chi connectivity index (χ1n) is 10.4. The summed E-state index contributed by atoms with van der Waals surface area (Å²) >= 11 is 6.02. The number of benzene rings is 2. The SMILES string of the molecule is O=C(Nc1cnc(Nc2cccc(OCCN3CCCC3)c2)nc1)c1cc(O)ccc1Cl. The normalized spacial score (nSPS) is 13.7. The molecule has 1 fully saturated rings. The number of aromatic nitrogens is 2. The summed E-state index contributed by atoms with van der Waals surface area (Å²) in [6.45, 7) is 3.89. The molecule has 0 atom stereocenters. The van der Waals surface area contributed by atoms with Gasteiger partial charge in [-0.15, -0.1) is 0 Å². The van der Waals surface area contributed by atoms with Gasteiger partial charge in [0.1, 0.15) is 18.1 Å². The highest BCUT2D eigenvalue weighted by Crippen LogP contribution is 2.23. The van der Waals surface area contributed by atoms with Crippen LogP contribution < -0.4 is 15.4 Å². The molecule has 1 aliphatic heterocycles. The number of carbonyl (C=O) groups excluding carboxylic acids is 1. The Hall–Kier alpha value is -3.36. The number of nitrogens with one attached hydrogen (secondary N) is 2. The zero-order valence-corrected chi connectivity index (χ0v) is 18.2. The van der Waals surface area contributed by atoms with Crippen LogP contribution in [0.25, 0.3) is 0 Å². The summed E-state index contributed by atoms with van der Waals surface area (Å²) in [7, 11) is 0. The Balaban J connectivity index is 1.32. The van der Waals surface area contributed by atoms with Crippen molar-refractivity contribution in [2.75, 3.05) is 36.9 Å². The monoisotopic (exact) mass is 453 g/mol. The number of halogens is 1. The summed E-state index contributed by atoms with van der Waals surface area (Å²) in [5.74, 6) is 0.653. The maximum atomic E-state index is 12.4. The van der Waals surface area contributed by atoms with Gasteiger partial charge in [-0.25, -0.2) is 9.97 Å². The molecule has 2 aromatic carbocycles. The van der Waals surface area contributed by atoms with Crippen LogP contribution >= 0.6 is 11.6 Å². The summed E-state index contributed by atoms with van der Waals surface area (Å²) in [5, 5.41) is 15.6. The minimum absolute atomic E-state index is 0.0439. The first-order valence-corrected chi connectivity index (χ1v) is 10.8. The van der Waals surface area contributed by atoms with E-state index in [1.165, 1.54) is 43.4 Å². The molecule has 0 bridgehead atoms. The van der Waals surface area contributed by atoms with E-state index in [9.17, 15) is 9.90 Å². The second-order valence-corrected chi connectivity index (χ2v) is 7.87. The largest absolute Gasteiger partial charge is 0.508 e. The van der Waals surface area contributed by atoms with E-state index in [4.69, 9.17) is 16.3 Å². The zero-order valence-electron chi connectivity index (χ0n) is 17.4. The maximum absolute atomic E-state index is 12.4. The standard InChI is InChI=1S/C23H24ClN5O3/c24-21-7-6-18(30)13-20(21)22(31)27-17-14-25-23(26-15-17)28-16-4-3-5-19(12-16)32-11-10-29-8-1-2-9-29/h3-7,12-15,30H,1-2,8-11H2,(H,27,31)(H,25,26,28). The van der Waals surface area contributed by atoms with Crippen molar-refractivity contribution in [2.45, 2.75) is 12.8 Å². The van der Waals surface area contributed by atoms with Gasteiger partial charge in [-0.05, 0) is 56.3 Å². The first kappa shape index (κ1) is 21.9. The molecular weight excluding hydrogens is 430 g/mol. The van der Waals surface area contributed by atoms with Crippen LogP contribution in [0.3, 0.4) is 0 Å². The van der Waals surface area contributed by atoms with Gasteiger partial charge in [-0.1, -0.05) is 17.7 Å². The number of nitrogens with zero attached hydrogens (tertiary/aromatic N) is 3. The van der Waals surface area contributed by atoms with Gasteiger partial charge in [0.25, 0.3) is 5.91 Å². The van der Waals surface area contributed by atoms with Gasteiger partial charge in [0.05, 0.1) is 28.7 Å². The molecule has 0 spiro atoms. The van der Waals surface area contributed by atoms with E-state index in [1.807, 2.05) is 24.3 Å². The summed E-state index contributed by atoms with van der Waals surface area (Å²) in [6.07, 6.45) is 5.51. The van der Waals surface area contributed by atoms with Gasteiger partial charge in [-0.3, -0.25) is 9.69 Å². The lowest BCUT2D eigenvalue weighted by molar-refractivity contribution is 0.102. The number of likely N-dealkylation sites (tertiary alicyclic amines) is 1. The van der Waals surface area contributed by atoms with E-state index in [1.54, 1.807) is 0 Å². The van der Waals surface area contributed by atoms with Crippen LogP contribution in [0.4, 0.5) is 17.3 Å². The van der Waals surface area contributed by atoms with Gasteiger partial charge >= 0.3 is 0 Å². The summed E-state index contributed by atoms with van der Waals surface area (Å²) in [5.41, 5.74) is 1.36. The summed E-state index contributed by atoms with van der Waals surface area (Å²) in [4.78, 5) is 23.3. The van der Waals surface area contributed by atoms with Crippen molar-refractivity contribution in [3.8, 4) is 11.5 Å². The van der Waals surface area contributed by atoms with Gasteiger partial charge in [-0.2, -0.15) is 0 Å². The summed E-state index contributed by atoms with van der Waals surface area (Å²) < 4.78 is 5.87. The number of amides is 1. The number of phenolic OH excluding ortho intramolecular Hbond substituents is 1. The number of phenols is 1. The summed E-state index contributed by atoms with van der Waals surface area (Å²) in [6, 6.07) is 11.8. The van der Waals surface area contributed by atoms with E-state index in [-0.39, 0.29) is 16.3 Å². The molecule has 0 saturated carbocycles. The molecule has 9 heteroatoms. The molecule has 2 heterocycles. The quantitative estimate of drug-likeness (QED) is 0.467. The average molecular weight is 454 g/mol. The number of anilines is 3. The smallest absolute Gasteiger partial charge is 0.257 e. The Morgan fingerprint density at radius 2 is 1.88 bits per heavy atom. The maximum Gasteiger partial charge on any atom is 0.257 e. The molecule has 8 nitrogen and oxygen atoms in total. The molecule has 1 aromatic heterocycles. The molecule has 1 aliphatic rings. The van der Waals surface area contributed by atoms with Crippen molar-refractivity contribution >= 4 is 34.8 Å². The Labute approximate surface area is 191 Å². The lowest BCUT2D eigenvalue weighted by Crippen LogP contribution is -2.25. The zero-order chi connectivity index (χ0) is 22.3. The van der Waals surface area contributed by atoms with Gasteiger partial charge in [0.2, 0.25) is 5.95 Å². The number of hydrogen-bond acceptors (Lipinski definition) is 7. The van der Waals surface area contributed by atoms with Crippen molar-refractivity contribution in [3.05, 3.63) is 65.4 Å². The highest BCUT2D eigenvalue weighted by atomic mass is 35.5. The Morgan fingerprint density at radius 3 is 2.66 bits per heavy atom. The fourth-order valence-corrected chi connectivity index (χ4v) is 3.64. The first-order chi connectivity index (χ1) is 15.6. The minimum atomic E-state index is -0.464. The third-order valence-electron chi connectivity index (χ3n) is 5.07. The molecule has 166 valence electrons. The lowest BCUT2D eigenvalue weighted by Gasteiger charge is -2.15. The van der Waals surface area contributed by atoms with E-state index in [2.05, 4.69) is 25.5 Å². The molecule has 3 aromatic rings. The average Bonchev–Trinajstić information content (AvgIpc) is 3.31. The fraction of sp³-hybridized carbons (Fsp3) is 0.261. The molecule has 0 unspecified atom stereocenters. The third-order valence-corrected chi connectivity index (χ3v) is 5.40. The van der Waals surface area contributed by atoms with Crippen LogP contribution in [0.2, 0.25) is 5.02 Å². The topological polar surface area (TPSA) is 99.6 Å². The van der Waals surface area contributed by atoms with Crippen molar-refractivity contribution in [1.82, 2.24) is 14.9 Å². The molecular formula is C23H24ClN5O3. The third kappa shape index (κ3) is 5.87. The van der Waals surface area contributed by atoms with Crippen molar-refractivity contribution in [3.63, 3.8) is 0 Å². The second-order valence-electron chi connectivity index (χ2n) is 7.46. The Morgan fingerprint density at radius 1 is 1.09 bits per heavy atom. The van der Waals surface area contributed by atoms with Crippen molar-refractivity contribution in [1.29, 1.82) is 0 Å². The van der Waals surface area contributed by atoms with Crippen LogP contribution in [0.1, 0.15) is 23.2 Å². The molecule has 0 aliphatic carbocycles. The van der Waals surface area contributed by atoms with Gasteiger partial charge in [0.15, 0.2) is 0 Å². The number of carbonyl (C=O) groups is 1. The molecule has 32 heavy (non-hydrogen) atoms. The molecule has 4 rings (SSSR count). The highest BCUT2D eigenvalue weighted by Gasteiger charge is 2.13. The predicted molar refractivity (Wildman–Crippen MR) is 124 cm³/mol. The van der Waals surface area contributed by atoms with E-state index >= 15 is 0 Å². The van der Waals surface area contributed by atoms with Crippen molar-refractivity contribution < 1.29 is 14.6 Å². The van der Waals surface area contributed by atoms with Gasteiger partial charge < -0.3 is 20.5 Å². The number of hydrogen-bond donors (Lipinski definition) is 3. The van der Waals surface area contributed by atoms with Crippen LogP contribution in [0.5, 0.6) is 11.5 Å². The number of rotatable bonds is 8. The van der Waals surface area contributed by atoms with E-state index < -0.39 is 5.91 Å². The molecule has 1 saturated heterocycles. The van der Waals surface area contributed by atoms with Crippen LogP contribution in [0.15, 0.2) is 54.9 Å². The van der Waals surface area contributed by atoms with E-state index in [0.29, 0.717) is 18.2 Å². The lowest BCUT2D eigenvalue weighted by atomic mass is 10.2. The van der Waals surface area contributed by atoms with Crippen LogP contribution in [-0.2, 0) is 0 Å². The predicted octanol–water partition coefficient (Wildman–Crippen LogP) is 4.31. The van der Waals surface area contributed by atoms with E-state index in [0.717, 1.165) is 31.1 Å². The number of ether oxygens (including phenoxy) is 1.